The minimum Gasteiger partial charge on any atom is -0.480 e. The Balaban J connectivity index is 1.93. The molecule has 0 aliphatic rings. The predicted octanol–water partition coefficient (Wildman–Crippen LogP) is 2.47. The number of alkyl halides is 3. The van der Waals surface area contributed by atoms with Gasteiger partial charge in [0.1, 0.15) is 11.8 Å². The Morgan fingerprint density at radius 2 is 1.74 bits per heavy atom. The fourth-order valence-electron chi connectivity index (χ4n) is 2.25. The summed E-state index contributed by atoms with van der Waals surface area (Å²) in [5.41, 5.74) is 6.96. The maximum absolute atomic E-state index is 12.2. The van der Waals surface area contributed by atoms with Gasteiger partial charge in [-0.25, -0.2) is 0 Å². The SMILES string of the molecule is N[C@@H](Cc1ccc(CNC(=O)c2cccc(OC(F)(F)F)c2)cc1)C(=O)O. The molecule has 0 fully saturated rings. The van der Waals surface area contributed by atoms with Crippen LogP contribution in [0.3, 0.4) is 0 Å². The molecule has 0 aliphatic heterocycles. The minimum atomic E-state index is -4.83. The van der Waals surface area contributed by atoms with E-state index in [1.54, 1.807) is 24.3 Å². The van der Waals surface area contributed by atoms with Crippen LogP contribution in [-0.2, 0) is 17.8 Å². The fourth-order valence-corrected chi connectivity index (χ4v) is 2.25. The van der Waals surface area contributed by atoms with E-state index in [4.69, 9.17) is 10.8 Å². The van der Waals surface area contributed by atoms with Crippen molar-refractivity contribution in [1.82, 2.24) is 5.32 Å². The van der Waals surface area contributed by atoms with Crippen molar-refractivity contribution in [3.05, 3.63) is 65.2 Å². The van der Waals surface area contributed by atoms with Gasteiger partial charge in [0.25, 0.3) is 5.91 Å². The van der Waals surface area contributed by atoms with Crippen LogP contribution in [-0.4, -0.2) is 29.4 Å². The zero-order valence-corrected chi connectivity index (χ0v) is 14.0. The van der Waals surface area contributed by atoms with Crippen LogP contribution in [0.1, 0.15) is 21.5 Å². The second kappa shape index (κ2) is 8.54. The highest BCUT2D eigenvalue weighted by Gasteiger charge is 2.31. The van der Waals surface area contributed by atoms with Gasteiger partial charge in [0.15, 0.2) is 0 Å². The average Bonchev–Trinajstić information content (AvgIpc) is 2.59. The average molecular weight is 382 g/mol. The molecule has 0 radical (unpaired) electrons. The molecule has 0 saturated carbocycles. The Morgan fingerprint density at radius 3 is 2.33 bits per heavy atom. The molecular formula is C18H17F3N2O4. The van der Waals surface area contributed by atoms with Crippen LogP contribution in [0.4, 0.5) is 13.2 Å². The van der Waals surface area contributed by atoms with Gasteiger partial charge in [-0.3, -0.25) is 9.59 Å². The lowest BCUT2D eigenvalue weighted by atomic mass is 10.0. The first-order chi connectivity index (χ1) is 12.6. The van der Waals surface area contributed by atoms with Gasteiger partial charge in [-0.15, -0.1) is 13.2 Å². The van der Waals surface area contributed by atoms with Crippen LogP contribution >= 0.6 is 0 Å². The molecule has 27 heavy (non-hydrogen) atoms. The summed E-state index contributed by atoms with van der Waals surface area (Å²) in [6.07, 6.45) is -4.66. The number of hydrogen-bond acceptors (Lipinski definition) is 4. The van der Waals surface area contributed by atoms with Crippen molar-refractivity contribution in [2.75, 3.05) is 0 Å². The van der Waals surface area contributed by atoms with Gasteiger partial charge in [0, 0.05) is 12.1 Å². The second-order valence-electron chi connectivity index (χ2n) is 5.72. The third-order valence-electron chi connectivity index (χ3n) is 3.58. The number of carboxylic acids is 1. The van der Waals surface area contributed by atoms with Crippen molar-refractivity contribution >= 4 is 11.9 Å². The molecule has 1 atom stereocenters. The monoisotopic (exact) mass is 382 g/mol. The van der Waals surface area contributed by atoms with E-state index in [0.717, 1.165) is 23.3 Å². The summed E-state index contributed by atoms with van der Waals surface area (Å²) in [4.78, 5) is 22.8. The van der Waals surface area contributed by atoms with E-state index in [2.05, 4.69) is 10.1 Å². The first kappa shape index (κ1) is 20.2. The molecule has 6 nitrogen and oxygen atoms in total. The lowest BCUT2D eigenvalue weighted by Crippen LogP contribution is -2.32. The summed E-state index contributed by atoms with van der Waals surface area (Å²) in [6, 6.07) is 10.6. The van der Waals surface area contributed by atoms with E-state index in [0.29, 0.717) is 0 Å². The Kier molecular flexibility index (Phi) is 6.40. The summed E-state index contributed by atoms with van der Waals surface area (Å²) < 4.78 is 40.5. The third-order valence-corrected chi connectivity index (χ3v) is 3.58. The molecule has 4 N–H and O–H groups in total. The lowest BCUT2D eigenvalue weighted by molar-refractivity contribution is -0.274. The number of carboxylic acid groups (broad SMARTS) is 1. The van der Waals surface area contributed by atoms with Gasteiger partial charge in [-0.2, -0.15) is 0 Å². The van der Waals surface area contributed by atoms with E-state index in [-0.39, 0.29) is 18.5 Å². The number of benzene rings is 2. The predicted molar refractivity (Wildman–Crippen MR) is 90.1 cm³/mol. The number of ether oxygens (including phenoxy) is 1. The number of carbonyl (C=O) groups is 2. The first-order valence-corrected chi connectivity index (χ1v) is 7.84. The van der Waals surface area contributed by atoms with Crippen molar-refractivity contribution in [3.8, 4) is 5.75 Å². The van der Waals surface area contributed by atoms with Crippen molar-refractivity contribution in [2.45, 2.75) is 25.4 Å². The van der Waals surface area contributed by atoms with Crippen molar-refractivity contribution in [3.63, 3.8) is 0 Å². The summed E-state index contributed by atoms with van der Waals surface area (Å²) >= 11 is 0. The van der Waals surface area contributed by atoms with Crippen LogP contribution in [0.5, 0.6) is 5.75 Å². The summed E-state index contributed by atoms with van der Waals surface area (Å²) in [5, 5.41) is 11.4. The fraction of sp³-hybridized carbons (Fsp3) is 0.222. The summed E-state index contributed by atoms with van der Waals surface area (Å²) in [5.74, 6) is -2.13. The first-order valence-electron chi connectivity index (χ1n) is 7.84. The zero-order valence-electron chi connectivity index (χ0n) is 14.0. The minimum absolute atomic E-state index is 0.0285. The number of nitrogens with one attached hydrogen (secondary N) is 1. The molecule has 9 heteroatoms. The van der Waals surface area contributed by atoms with Gasteiger partial charge in [0.2, 0.25) is 0 Å². The van der Waals surface area contributed by atoms with E-state index in [9.17, 15) is 22.8 Å². The van der Waals surface area contributed by atoms with Crippen LogP contribution in [0, 0.1) is 0 Å². The molecule has 2 rings (SSSR count). The molecule has 2 aromatic carbocycles. The second-order valence-corrected chi connectivity index (χ2v) is 5.72. The number of aliphatic carboxylic acids is 1. The van der Waals surface area contributed by atoms with E-state index < -0.39 is 30.0 Å². The molecule has 1 amide bonds. The van der Waals surface area contributed by atoms with Crippen LogP contribution in [0.15, 0.2) is 48.5 Å². The Bertz CT molecular complexity index is 807. The number of halogens is 3. The molecule has 0 aromatic heterocycles. The normalized spacial score (nSPS) is 12.3. The summed E-state index contributed by atoms with van der Waals surface area (Å²) in [7, 11) is 0. The van der Waals surface area contributed by atoms with Crippen molar-refractivity contribution < 1.29 is 32.6 Å². The largest absolute Gasteiger partial charge is 0.573 e. The van der Waals surface area contributed by atoms with Gasteiger partial charge in [-0.1, -0.05) is 30.3 Å². The molecular weight excluding hydrogens is 365 g/mol. The van der Waals surface area contributed by atoms with E-state index >= 15 is 0 Å². The van der Waals surface area contributed by atoms with Crippen molar-refractivity contribution in [2.24, 2.45) is 5.73 Å². The topological polar surface area (TPSA) is 102 Å². The highest BCUT2D eigenvalue weighted by atomic mass is 19.4. The summed E-state index contributed by atoms with van der Waals surface area (Å²) in [6.45, 7) is 0.147. The van der Waals surface area contributed by atoms with E-state index in [1.807, 2.05) is 0 Å². The third kappa shape index (κ3) is 6.63. The Hall–Kier alpha value is -3.07. The van der Waals surface area contributed by atoms with E-state index in [1.165, 1.54) is 12.1 Å². The Labute approximate surface area is 152 Å². The number of rotatable bonds is 7. The number of amides is 1. The van der Waals surface area contributed by atoms with Crippen LogP contribution in [0.2, 0.25) is 0 Å². The quantitative estimate of drug-likeness (QED) is 0.683. The smallest absolute Gasteiger partial charge is 0.480 e. The van der Waals surface area contributed by atoms with Gasteiger partial charge in [-0.05, 0) is 35.7 Å². The van der Waals surface area contributed by atoms with Gasteiger partial charge in [0.05, 0.1) is 0 Å². The zero-order chi connectivity index (χ0) is 20.0. The van der Waals surface area contributed by atoms with Gasteiger partial charge < -0.3 is 20.9 Å². The maximum Gasteiger partial charge on any atom is 0.573 e. The highest BCUT2D eigenvalue weighted by molar-refractivity contribution is 5.94. The molecule has 0 heterocycles. The molecule has 0 bridgehead atoms. The molecule has 0 spiro atoms. The van der Waals surface area contributed by atoms with Gasteiger partial charge >= 0.3 is 12.3 Å². The number of carbonyl (C=O) groups excluding carboxylic acids is 1. The molecule has 144 valence electrons. The maximum atomic E-state index is 12.2. The van der Waals surface area contributed by atoms with Crippen LogP contribution in [0.25, 0.3) is 0 Å². The number of nitrogens with two attached hydrogens (primary N) is 1. The van der Waals surface area contributed by atoms with Crippen LogP contribution < -0.4 is 15.8 Å². The molecule has 0 unspecified atom stereocenters. The molecule has 0 saturated heterocycles. The standard InChI is InChI=1S/C18H17F3N2O4/c19-18(20,21)27-14-3-1-2-13(9-14)16(24)23-10-12-6-4-11(5-7-12)8-15(22)17(25)26/h1-7,9,15H,8,10,22H2,(H,23,24)(H,25,26)/t15-/m0/s1. The lowest BCUT2D eigenvalue weighted by Gasteiger charge is -2.11. The number of hydrogen-bond donors (Lipinski definition) is 3. The highest BCUT2D eigenvalue weighted by Crippen LogP contribution is 2.23. The Morgan fingerprint density at radius 1 is 1.11 bits per heavy atom. The molecule has 0 aliphatic carbocycles. The molecule has 2 aromatic rings. The van der Waals surface area contributed by atoms with Crippen molar-refractivity contribution in [1.29, 1.82) is 0 Å².